The molecule has 0 spiro atoms. The number of nitrogens with one attached hydrogen (secondary N) is 2. The highest BCUT2D eigenvalue weighted by molar-refractivity contribution is 5.99. The standard InChI is InChI=1S/C30H33N7O2/c1-4-27(38)33-23-12-13-31-26(18-23)25-7-5-6-21-19-32-29(35-28(21)25)34-22-8-10-24(11-9-22)37-16-14-36(15-17-37)20-30(2,3)39/h4-13,18-19,39H,1,14-17,20H2,2-3H3,(H,31,33,38)(H,32,34,35). The predicted molar refractivity (Wildman–Crippen MR) is 156 cm³/mol. The molecule has 3 heterocycles. The summed E-state index contributed by atoms with van der Waals surface area (Å²) in [6, 6.07) is 17.7. The minimum absolute atomic E-state index is 0.280. The summed E-state index contributed by atoms with van der Waals surface area (Å²) in [5.41, 5.74) is 4.31. The lowest BCUT2D eigenvalue weighted by Gasteiger charge is -2.38. The van der Waals surface area contributed by atoms with Gasteiger partial charge in [0.15, 0.2) is 0 Å². The molecule has 0 saturated carbocycles. The number of rotatable bonds is 8. The number of aliphatic hydroxyl groups is 1. The van der Waals surface area contributed by atoms with Crippen molar-refractivity contribution in [2.45, 2.75) is 19.4 Å². The second-order valence-corrected chi connectivity index (χ2v) is 10.3. The monoisotopic (exact) mass is 523 g/mol. The van der Waals surface area contributed by atoms with Gasteiger partial charge in [-0.05, 0) is 56.3 Å². The van der Waals surface area contributed by atoms with E-state index in [-0.39, 0.29) is 5.91 Å². The molecule has 1 aliphatic rings. The number of hydrogen-bond donors (Lipinski definition) is 3. The number of piperazine rings is 1. The number of carbonyl (C=O) groups excluding carboxylic acids is 1. The molecule has 39 heavy (non-hydrogen) atoms. The zero-order valence-electron chi connectivity index (χ0n) is 22.3. The van der Waals surface area contributed by atoms with Gasteiger partial charge in [0.2, 0.25) is 11.9 Å². The van der Waals surface area contributed by atoms with Gasteiger partial charge in [0.1, 0.15) is 0 Å². The minimum atomic E-state index is -0.676. The van der Waals surface area contributed by atoms with Crippen LogP contribution in [0.3, 0.4) is 0 Å². The molecule has 5 rings (SSSR count). The van der Waals surface area contributed by atoms with Gasteiger partial charge in [0.05, 0.1) is 16.8 Å². The molecule has 0 unspecified atom stereocenters. The summed E-state index contributed by atoms with van der Waals surface area (Å²) in [5.74, 6) is 0.206. The molecule has 0 aliphatic carbocycles. The van der Waals surface area contributed by atoms with E-state index < -0.39 is 5.60 Å². The number of carbonyl (C=O) groups is 1. The van der Waals surface area contributed by atoms with Crippen molar-refractivity contribution >= 4 is 39.8 Å². The fourth-order valence-electron chi connectivity index (χ4n) is 4.77. The van der Waals surface area contributed by atoms with Crippen LogP contribution in [0.5, 0.6) is 0 Å². The van der Waals surface area contributed by atoms with Crippen LogP contribution in [0.4, 0.5) is 23.0 Å². The average molecular weight is 524 g/mol. The van der Waals surface area contributed by atoms with Gasteiger partial charge in [-0.1, -0.05) is 24.8 Å². The van der Waals surface area contributed by atoms with E-state index in [0.717, 1.165) is 48.3 Å². The SMILES string of the molecule is C=CC(=O)Nc1ccnc(-c2cccc3cnc(Nc4ccc(N5CCN(CC(C)(C)O)CC5)cc4)nc23)c1. The Morgan fingerprint density at radius 1 is 1.05 bits per heavy atom. The smallest absolute Gasteiger partial charge is 0.247 e. The van der Waals surface area contributed by atoms with Crippen LogP contribution in [0.2, 0.25) is 0 Å². The summed E-state index contributed by atoms with van der Waals surface area (Å²) in [6.07, 6.45) is 4.68. The second kappa shape index (κ2) is 11.2. The van der Waals surface area contributed by atoms with E-state index in [9.17, 15) is 9.90 Å². The van der Waals surface area contributed by atoms with Crippen LogP contribution < -0.4 is 15.5 Å². The number of para-hydroxylation sites is 1. The van der Waals surface area contributed by atoms with E-state index in [0.29, 0.717) is 23.9 Å². The van der Waals surface area contributed by atoms with E-state index in [1.54, 1.807) is 18.5 Å². The van der Waals surface area contributed by atoms with Gasteiger partial charge in [-0.25, -0.2) is 9.97 Å². The van der Waals surface area contributed by atoms with E-state index in [4.69, 9.17) is 4.98 Å². The molecule has 0 radical (unpaired) electrons. The number of β-amino-alcohol motifs (C(OH)–C–C–N with tert-alkyl or cyclic N) is 1. The van der Waals surface area contributed by atoms with E-state index in [1.165, 1.54) is 11.8 Å². The number of fused-ring (bicyclic) bond motifs is 1. The Labute approximate surface area is 228 Å². The van der Waals surface area contributed by atoms with Crippen LogP contribution in [-0.4, -0.2) is 69.2 Å². The number of pyridine rings is 1. The van der Waals surface area contributed by atoms with Gasteiger partial charge in [-0.15, -0.1) is 0 Å². The Hall–Kier alpha value is -4.34. The Morgan fingerprint density at radius 2 is 1.82 bits per heavy atom. The molecule has 1 fully saturated rings. The van der Waals surface area contributed by atoms with Crippen LogP contribution in [0.1, 0.15) is 13.8 Å². The first-order valence-electron chi connectivity index (χ1n) is 13.0. The fraction of sp³-hybridized carbons (Fsp3) is 0.267. The molecule has 4 aromatic rings. The first-order valence-corrected chi connectivity index (χ1v) is 13.0. The summed E-state index contributed by atoms with van der Waals surface area (Å²) in [6.45, 7) is 11.6. The zero-order chi connectivity index (χ0) is 27.4. The van der Waals surface area contributed by atoms with Crippen molar-refractivity contribution in [2.24, 2.45) is 0 Å². The Bertz CT molecular complexity index is 1470. The molecule has 3 N–H and O–H groups in total. The van der Waals surface area contributed by atoms with Gasteiger partial charge >= 0.3 is 0 Å². The molecular formula is C30H33N7O2. The summed E-state index contributed by atoms with van der Waals surface area (Å²) in [7, 11) is 0. The minimum Gasteiger partial charge on any atom is -0.389 e. The van der Waals surface area contributed by atoms with Crippen molar-refractivity contribution in [3.8, 4) is 11.3 Å². The van der Waals surface area contributed by atoms with Gasteiger partial charge in [0, 0.05) is 73.1 Å². The molecule has 9 nitrogen and oxygen atoms in total. The number of anilines is 4. The third-order valence-electron chi connectivity index (χ3n) is 6.57. The lowest BCUT2D eigenvalue weighted by atomic mass is 10.1. The Balaban J connectivity index is 1.30. The number of hydrogen-bond acceptors (Lipinski definition) is 8. The quantitative estimate of drug-likeness (QED) is 0.291. The van der Waals surface area contributed by atoms with Crippen molar-refractivity contribution in [3.63, 3.8) is 0 Å². The summed E-state index contributed by atoms with van der Waals surface area (Å²) in [4.78, 5) is 30.2. The van der Waals surface area contributed by atoms with Gasteiger partial charge < -0.3 is 20.6 Å². The van der Waals surface area contributed by atoms with E-state index in [2.05, 4.69) is 49.1 Å². The van der Waals surface area contributed by atoms with Crippen molar-refractivity contribution in [2.75, 3.05) is 48.3 Å². The maximum atomic E-state index is 11.7. The third kappa shape index (κ3) is 6.57. The first-order chi connectivity index (χ1) is 18.8. The Kier molecular flexibility index (Phi) is 7.53. The van der Waals surface area contributed by atoms with Crippen molar-refractivity contribution in [1.29, 1.82) is 0 Å². The molecule has 1 saturated heterocycles. The van der Waals surface area contributed by atoms with Crippen LogP contribution in [0.15, 0.2) is 79.6 Å². The molecule has 0 bridgehead atoms. The van der Waals surface area contributed by atoms with Crippen LogP contribution >= 0.6 is 0 Å². The third-order valence-corrected chi connectivity index (χ3v) is 6.57. The highest BCUT2D eigenvalue weighted by atomic mass is 16.3. The molecule has 2 aromatic heterocycles. The number of benzene rings is 2. The molecule has 0 atom stereocenters. The summed E-state index contributed by atoms with van der Waals surface area (Å²) in [5, 5.41) is 17.1. The molecule has 1 aliphatic heterocycles. The second-order valence-electron chi connectivity index (χ2n) is 10.3. The zero-order valence-corrected chi connectivity index (χ0v) is 22.3. The fourth-order valence-corrected chi connectivity index (χ4v) is 4.77. The molecule has 9 heteroatoms. The lowest BCUT2D eigenvalue weighted by molar-refractivity contribution is -0.111. The number of nitrogens with zero attached hydrogens (tertiary/aromatic N) is 5. The van der Waals surface area contributed by atoms with Gasteiger partial charge in [-0.2, -0.15) is 0 Å². The summed E-state index contributed by atoms with van der Waals surface area (Å²) < 4.78 is 0. The topological polar surface area (TPSA) is 107 Å². The van der Waals surface area contributed by atoms with Crippen LogP contribution in [-0.2, 0) is 4.79 Å². The van der Waals surface area contributed by atoms with E-state index >= 15 is 0 Å². The highest BCUT2D eigenvalue weighted by Crippen LogP contribution is 2.29. The largest absolute Gasteiger partial charge is 0.389 e. The Morgan fingerprint density at radius 3 is 2.54 bits per heavy atom. The normalized spacial score (nSPS) is 14.3. The summed E-state index contributed by atoms with van der Waals surface area (Å²) >= 11 is 0. The first kappa shape index (κ1) is 26.3. The van der Waals surface area contributed by atoms with Crippen molar-refractivity contribution in [3.05, 3.63) is 79.6 Å². The lowest BCUT2D eigenvalue weighted by Crippen LogP contribution is -2.50. The highest BCUT2D eigenvalue weighted by Gasteiger charge is 2.22. The van der Waals surface area contributed by atoms with Crippen molar-refractivity contribution < 1.29 is 9.90 Å². The van der Waals surface area contributed by atoms with Crippen molar-refractivity contribution in [1.82, 2.24) is 19.9 Å². The van der Waals surface area contributed by atoms with Crippen LogP contribution in [0, 0.1) is 0 Å². The molecule has 2 aromatic carbocycles. The molecular weight excluding hydrogens is 490 g/mol. The van der Waals surface area contributed by atoms with Gasteiger partial charge in [0.25, 0.3) is 0 Å². The predicted octanol–water partition coefficient (Wildman–Crippen LogP) is 4.45. The average Bonchev–Trinajstić information content (AvgIpc) is 2.93. The number of amides is 1. The molecule has 200 valence electrons. The van der Waals surface area contributed by atoms with Gasteiger partial charge in [-0.3, -0.25) is 14.7 Å². The van der Waals surface area contributed by atoms with E-state index in [1.807, 2.05) is 50.2 Å². The molecule has 1 amide bonds. The number of aromatic nitrogens is 3. The maximum Gasteiger partial charge on any atom is 0.247 e. The maximum absolute atomic E-state index is 11.7. The van der Waals surface area contributed by atoms with Crippen LogP contribution in [0.25, 0.3) is 22.2 Å².